The molecule has 1 fully saturated rings. The van der Waals surface area contributed by atoms with Crippen LogP contribution >= 0.6 is 0 Å². The minimum atomic E-state index is 1.07. The Morgan fingerprint density at radius 3 is 2.12 bits per heavy atom. The summed E-state index contributed by atoms with van der Waals surface area (Å²) in [6, 6.07) is 0. The van der Waals surface area contributed by atoms with Gasteiger partial charge in [-0.1, -0.05) is 20.8 Å². The highest BCUT2D eigenvalue weighted by atomic mass is 15.4. The highest BCUT2D eigenvalue weighted by Crippen LogP contribution is 2.10. The monoisotopic (exact) mass is 227 g/mol. The Balaban J connectivity index is 0.00000106. The van der Waals surface area contributed by atoms with Gasteiger partial charge >= 0.3 is 0 Å². The van der Waals surface area contributed by atoms with Gasteiger partial charge < -0.3 is 9.80 Å². The second kappa shape index (κ2) is 9.49. The van der Waals surface area contributed by atoms with E-state index in [0.717, 1.165) is 13.1 Å². The third-order valence-electron chi connectivity index (χ3n) is 2.75. The van der Waals surface area contributed by atoms with Crippen LogP contribution < -0.4 is 0 Å². The SMILES string of the molecule is CC.CCCN(CC)C(=NC)N1CCCC1. The number of hydrogen-bond acceptors (Lipinski definition) is 1. The van der Waals surface area contributed by atoms with E-state index in [1.165, 1.54) is 38.3 Å². The van der Waals surface area contributed by atoms with Gasteiger partial charge in [0.05, 0.1) is 0 Å². The Labute approximate surface area is 102 Å². The lowest BCUT2D eigenvalue weighted by molar-refractivity contribution is 0.357. The van der Waals surface area contributed by atoms with Crippen LogP contribution in [0.4, 0.5) is 0 Å². The summed E-state index contributed by atoms with van der Waals surface area (Å²) in [4.78, 5) is 9.22. The van der Waals surface area contributed by atoms with Gasteiger partial charge in [-0.05, 0) is 26.2 Å². The molecule has 0 aromatic rings. The van der Waals surface area contributed by atoms with Gasteiger partial charge in [0, 0.05) is 33.2 Å². The third-order valence-corrected chi connectivity index (χ3v) is 2.75. The molecule has 0 radical (unpaired) electrons. The Morgan fingerprint density at radius 1 is 1.19 bits per heavy atom. The van der Waals surface area contributed by atoms with Gasteiger partial charge in [-0.25, -0.2) is 0 Å². The fourth-order valence-corrected chi connectivity index (χ4v) is 2.07. The molecule has 0 bridgehead atoms. The van der Waals surface area contributed by atoms with Crippen molar-refractivity contribution in [3.63, 3.8) is 0 Å². The Morgan fingerprint density at radius 2 is 1.75 bits per heavy atom. The second-order valence-corrected chi connectivity index (χ2v) is 3.80. The van der Waals surface area contributed by atoms with Crippen molar-refractivity contribution < 1.29 is 0 Å². The first kappa shape index (κ1) is 15.3. The standard InChI is InChI=1S/C11H23N3.C2H6/c1-4-8-13(5-2)11(12-3)14-9-6-7-10-14;1-2/h4-10H2,1-3H3;1-2H3. The van der Waals surface area contributed by atoms with Gasteiger partial charge in [-0.3, -0.25) is 4.99 Å². The lowest BCUT2D eigenvalue weighted by Crippen LogP contribution is -2.43. The molecule has 1 rings (SSSR count). The molecule has 0 spiro atoms. The average Bonchev–Trinajstić information content (AvgIpc) is 2.85. The first-order valence-electron chi connectivity index (χ1n) is 6.80. The molecule has 1 aliphatic rings. The van der Waals surface area contributed by atoms with Gasteiger partial charge in [-0.15, -0.1) is 0 Å². The largest absolute Gasteiger partial charge is 0.343 e. The normalized spacial score (nSPS) is 15.8. The van der Waals surface area contributed by atoms with Crippen molar-refractivity contribution in [2.45, 2.75) is 47.0 Å². The molecule has 0 aliphatic carbocycles. The van der Waals surface area contributed by atoms with Crippen LogP contribution in [0.5, 0.6) is 0 Å². The summed E-state index contributed by atoms with van der Waals surface area (Å²) in [5, 5.41) is 0. The van der Waals surface area contributed by atoms with Gasteiger partial charge in [-0.2, -0.15) is 0 Å². The zero-order valence-corrected chi connectivity index (χ0v) is 11.8. The van der Waals surface area contributed by atoms with Crippen molar-refractivity contribution in [3.05, 3.63) is 0 Å². The van der Waals surface area contributed by atoms with Crippen molar-refractivity contribution in [2.24, 2.45) is 4.99 Å². The van der Waals surface area contributed by atoms with E-state index < -0.39 is 0 Å². The maximum Gasteiger partial charge on any atom is 0.196 e. The summed E-state index contributed by atoms with van der Waals surface area (Å²) in [5.74, 6) is 1.20. The van der Waals surface area contributed by atoms with Crippen molar-refractivity contribution in [3.8, 4) is 0 Å². The molecule has 3 heteroatoms. The molecular formula is C13H29N3. The summed E-state index contributed by atoms with van der Waals surface area (Å²) in [5.41, 5.74) is 0. The van der Waals surface area contributed by atoms with Crippen LogP contribution in [0.2, 0.25) is 0 Å². The lowest BCUT2D eigenvalue weighted by atomic mass is 10.4. The van der Waals surface area contributed by atoms with E-state index in [4.69, 9.17) is 0 Å². The molecule has 0 N–H and O–H groups in total. The molecule has 0 atom stereocenters. The fourth-order valence-electron chi connectivity index (χ4n) is 2.07. The van der Waals surface area contributed by atoms with Gasteiger partial charge in [0.15, 0.2) is 5.96 Å². The van der Waals surface area contributed by atoms with E-state index in [1.54, 1.807) is 0 Å². The van der Waals surface area contributed by atoms with E-state index in [1.807, 2.05) is 20.9 Å². The van der Waals surface area contributed by atoms with E-state index in [0.29, 0.717) is 0 Å². The quantitative estimate of drug-likeness (QED) is 0.545. The molecule has 3 nitrogen and oxygen atoms in total. The molecule has 0 unspecified atom stereocenters. The topological polar surface area (TPSA) is 18.8 Å². The Bertz CT molecular complexity index is 184. The van der Waals surface area contributed by atoms with Crippen LogP contribution in [0.25, 0.3) is 0 Å². The van der Waals surface area contributed by atoms with Crippen LogP contribution in [0, 0.1) is 0 Å². The maximum absolute atomic E-state index is 4.43. The van der Waals surface area contributed by atoms with Crippen molar-refractivity contribution in [1.82, 2.24) is 9.80 Å². The lowest BCUT2D eigenvalue weighted by Gasteiger charge is -2.30. The van der Waals surface area contributed by atoms with E-state index in [-0.39, 0.29) is 0 Å². The molecule has 16 heavy (non-hydrogen) atoms. The van der Waals surface area contributed by atoms with Crippen LogP contribution in [-0.2, 0) is 0 Å². The average molecular weight is 227 g/mol. The summed E-state index contributed by atoms with van der Waals surface area (Å²) in [7, 11) is 1.91. The van der Waals surface area contributed by atoms with Gasteiger partial charge in [0.1, 0.15) is 0 Å². The zero-order chi connectivity index (χ0) is 12.4. The van der Waals surface area contributed by atoms with Crippen LogP contribution in [-0.4, -0.2) is 49.0 Å². The minimum Gasteiger partial charge on any atom is -0.343 e. The number of nitrogens with zero attached hydrogens (tertiary/aromatic N) is 3. The van der Waals surface area contributed by atoms with Crippen LogP contribution in [0.1, 0.15) is 47.0 Å². The van der Waals surface area contributed by atoms with Gasteiger partial charge in [0.25, 0.3) is 0 Å². The van der Waals surface area contributed by atoms with Crippen molar-refractivity contribution in [1.29, 1.82) is 0 Å². The molecule has 0 aromatic heterocycles. The third kappa shape index (κ3) is 4.42. The number of likely N-dealkylation sites (tertiary alicyclic amines) is 1. The molecule has 0 saturated carbocycles. The van der Waals surface area contributed by atoms with Gasteiger partial charge in [0.2, 0.25) is 0 Å². The predicted molar refractivity (Wildman–Crippen MR) is 73.1 cm³/mol. The molecule has 1 saturated heterocycles. The molecule has 0 aromatic carbocycles. The number of hydrogen-bond donors (Lipinski definition) is 0. The highest BCUT2D eigenvalue weighted by Gasteiger charge is 2.19. The second-order valence-electron chi connectivity index (χ2n) is 3.80. The van der Waals surface area contributed by atoms with E-state index >= 15 is 0 Å². The van der Waals surface area contributed by atoms with E-state index in [9.17, 15) is 0 Å². The minimum absolute atomic E-state index is 1.07. The number of rotatable bonds is 3. The predicted octanol–water partition coefficient (Wildman–Crippen LogP) is 2.83. The first-order valence-corrected chi connectivity index (χ1v) is 6.80. The molecule has 1 aliphatic heterocycles. The molecule has 1 heterocycles. The van der Waals surface area contributed by atoms with Crippen LogP contribution in [0.15, 0.2) is 4.99 Å². The highest BCUT2D eigenvalue weighted by molar-refractivity contribution is 5.80. The van der Waals surface area contributed by atoms with E-state index in [2.05, 4.69) is 28.6 Å². The number of guanidine groups is 1. The fraction of sp³-hybridized carbons (Fsp3) is 0.923. The number of aliphatic imine (C=N–C) groups is 1. The summed E-state index contributed by atoms with van der Waals surface area (Å²) >= 11 is 0. The Hall–Kier alpha value is -0.730. The maximum atomic E-state index is 4.43. The summed E-state index contributed by atoms with van der Waals surface area (Å²) < 4.78 is 0. The summed E-state index contributed by atoms with van der Waals surface area (Å²) in [6.45, 7) is 13.0. The van der Waals surface area contributed by atoms with Crippen molar-refractivity contribution in [2.75, 3.05) is 33.2 Å². The van der Waals surface area contributed by atoms with Crippen molar-refractivity contribution >= 4 is 5.96 Å². The molecule has 96 valence electrons. The summed E-state index contributed by atoms with van der Waals surface area (Å²) in [6.07, 6.45) is 3.84. The van der Waals surface area contributed by atoms with Crippen LogP contribution in [0.3, 0.4) is 0 Å². The molecule has 0 amide bonds. The smallest absolute Gasteiger partial charge is 0.196 e. The molecular weight excluding hydrogens is 198 g/mol. The Kier molecular flexibility index (Phi) is 9.06. The zero-order valence-electron chi connectivity index (χ0n) is 11.8. The first-order chi connectivity index (χ1) is 7.83.